The van der Waals surface area contributed by atoms with Crippen molar-refractivity contribution in [2.75, 3.05) is 13.7 Å². The number of phenolic OH excluding ortho intramolecular Hbond substituents is 1. The number of nitrogens with zero attached hydrogens (tertiary/aromatic N) is 1. The van der Waals surface area contributed by atoms with Crippen molar-refractivity contribution in [3.63, 3.8) is 0 Å². The molecule has 1 fully saturated rings. The quantitative estimate of drug-likeness (QED) is 0.600. The molecule has 1 aromatic rings. The summed E-state index contributed by atoms with van der Waals surface area (Å²) in [4.78, 5) is 24.7. The molecule has 1 saturated heterocycles. The summed E-state index contributed by atoms with van der Waals surface area (Å²) < 4.78 is 5.38. The molecular weight excluding hydrogens is 338 g/mol. The van der Waals surface area contributed by atoms with Crippen LogP contribution in [0.4, 0.5) is 0 Å². The number of rotatable bonds is 6. The third-order valence-electron chi connectivity index (χ3n) is 3.15. The van der Waals surface area contributed by atoms with Crippen molar-refractivity contribution in [1.82, 2.24) is 4.90 Å². The number of carbonyl (C=O) groups is 2. The molecular formula is C15H15NO5S2. The van der Waals surface area contributed by atoms with Crippen LogP contribution < -0.4 is 4.74 Å². The second kappa shape index (κ2) is 7.47. The Kier molecular flexibility index (Phi) is 5.62. The van der Waals surface area contributed by atoms with Crippen LogP contribution in [0.3, 0.4) is 0 Å². The summed E-state index contributed by atoms with van der Waals surface area (Å²) in [7, 11) is 1.46. The summed E-state index contributed by atoms with van der Waals surface area (Å²) in [5.74, 6) is -0.818. The molecule has 23 heavy (non-hydrogen) atoms. The Hall–Kier alpha value is -2.06. The van der Waals surface area contributed by atoms with E-state index in [1.54, 1.807) is 18.2 Å². The summed E-state index contributed by atoms with van der Waals surface area (Å²) in [6, 6.07) is 4.82. The van der Waals surface area contributed by atoms with Gasteiger partial charge >= 0.3 is 5.97 Å². The number of thiocarbonyl (C=S) groups is 1. The molecule has 0 aromatic heterocycles. The number of thioether (sulfide) groups is 1. The predicted octanol–water partition coefficient (Wildman–Crippen LogP) is 2.47. The highest BCUT2D eigenvalue weighted by Crippen LogP contribution is 2.34. The van der Waals surface area contributed by atoms with Crippen LogP contribution in [0.25, 0.3) is 6.08 Å². The molecule has 1 aliphatic rings. The van der Waals surface area contributed by atoms with Crippen LogP contribution in [0, 0.1) is 0 Å². The summed E-state index contributed by atoms with van der Waals surface area (Å²) in [5, 5.41) is 18.4. The van der Waals surface area contributed by atoms with Crippen LogP contribution >= 0.6 is 24.0 Å². The highest BCUT2D eigenvalue weighted by Gasteiger charge is 2.31. The summed E-state index contributed by atoms with van der Waals surface area (Å²) in [5.41, 5.74) is 0.648. The molecule has 2 rings (SSSR count). The van der Waals surface area contributed by atoms with Crippen LogP contribution in [0.15, 0.2) is 23.1 Å². The lowest BCUT2D eigenvalue weighted by Crippen LogP contribution is -2.29. The zero-order valence-electron chi connectivity index (χ0n) is 12.3. The topological polar surface area (TPSA) is 87.1 Å². The van der Waals surface area contributed by atoms with Crippen molar-refractivity contribution >= 4 is 46.3 Å². The number of carboxylic acids is 1. The van der Waals surface area contributed by atoms with Crippen LogP contribution in [-0.4, -0.2) is 45.0 Å². The van der Waals surface area contributed by atoms with Crippen molar-refractivity contribution in [2.45, 2.75) is 12.8 Å². The Labute approximate surface area is 142 Å². The fraction of sp³-hybridized carbons (Fsp3) is 0.267. The highest BCUT2D eigenvalue weighted by atomic mass is 32.2. The van der Waals surface area contributed by atoms with Gasteiger partial charge in [-0.25, -0.2) is 0 Å². The van der Waals surface area contributed by atoms with E-state index in [9.17, 15) is 14.7 Å². The van der Waals surface area contributed by atoms with E-state index < -0.39 is 5.97 Å². The first-order chi connectivity index (χ1) is 10.9. The maximum absolute atomic E-state index is 12.3. The van der Waals surface area contributed by atoms with Gasteiger partial charge in [0, 0.05) is 13.0 Å². The van der Waals surface area contributed by atoms with Crippen molar-refractivity contribution in [1.29, 1.82) is 0 Å². The van der Waals surface area contributed by atoms with E-state index >= 15 is 0 Å². The van der Waals surface area contributed by atoms with E-state index in [0.717, 1.165) is 11.8 Å². The average Bonchev–Trinajstić information content (AvgIpc) is 2.74. The van der Waals surface area contributed by atoms with Gasteiger partial charge in [-0.05, 0) is 30.2 Å². The molecule has 6 nitrogen and oxygen atoms in total. The van der Waals surface area contributed by atoms with Gasteiger partial charge in [0.1, 0.15) is 4.32 Å². The van der Waals surface area contributed by atoms with Gasteiger partial charge in [0.2, 0.25) is 0 Å². The van der Waals surface area contributed by atoms with Crippen molar-refractivity contribution in [3.8, 4) is 11.5 Å². The average molecular weight is 353 g/mol. The van der Waals surface area contributed by atoms with Gasteiger partial charge in [0.25, 0.3) is 5.91 Å². The highest BCUT2D eigenvalue weighted by molar-refractivity contribution is 8.26. The molecule has 1 aromatic carbocycles. The zero-order chi connectivity index (χ0) is 17.0. The van der Waals surface area contributed by atoms with Gasteiger partial charge in [-0.3, -0.25) is 14.5 Å². The second-order valence-electron chi connectivity index (χ2n) is 4.76. The number of aliphatic carboxylic acids is 1. The molecule has 0 atom stereocenters. The van der Waals surface area contributed by atoms with E-state index in [2.05, 4.69) is 0 Å². The largest absolute Gasteiger partial charge is 0.504 e. The summed E-state index contributed by atoms with van der Waals surface area (Å²) in [6.45, 7) is 0.280. The smallest absolute Gasteiger partial charge is 0.303 e. The lowest BCUT2D eigenvalue weighted by molar-refractivity contribution is -0.137. The summed E-state index contributed by atoms with van der Waals surface area (Å²) in [6.07, 6.45) is 1.97. The monoisotopic (exact) mass is 353 g/mol. The molecule has 0 spiro atoms. The molecule has 0 saturated carbocycles. The Morgan fingerprint density at radius 1 is 1.48 bits per heavy atom. The third kappa shape index (κ3) is 4.23. The maximum Gasteiger partial charge on any atom is 0.303 e. The number of carbonyl (C=O) groups excluding carboxylic acids is 1. The minimum absolute atomic E-state index is 0.0114. The zero-order valence-corrected chi connectivity index (χ0v) is 13.9. The van der Waals surface area contributed by atoms with E-state index in [1.165, 1.54) is 18.1 Å². The van der Waals surface area contributed by atoms with Gasteiger partial charge < -0.3 is 14.9 Å². The molecule has 1 heterocycles. The Morgan fingerprint density at radius 3 is 2.83 bits per heavy atom. The van der Waals surface area contributed by atoms with Gasteiger partial charge in [-0.15, -0.1) is 0 Å². The van der Waals surface area contributed by atoms with E-state index in [1.807, 2.05) is 0 Å². The number of carboxylic acid groups (broad SMARTS) is 1. The Balaban J connectivity index is 2.11. The van der Waals surface area contributed by atoms with Crippen LogP contribution in [0.5, 0.6) is 11.5 Å². The number of phenols is 1. The minimum atomic E-state index is -0.903. The Bertz CT molecular complexity index is 686. The van der Waals surface area contributed by atoms with Gasteiger partial charge in [0.15, 0.2) is 11.5 Å². The number of hydrogen-bond acceptors (Lipinski definition) is 6. The first kappa shape index (κ1) is 17.3. The predicted molar refractivity (Wildman–Crippen MR) is 91.4 cm³/mol. The number of hydrogen-bond donors (Lipinski definition) is 2. The fourth-order valence-corrected chi connectivity index (χ4v) is 3.34. The van der Waals surface area contributed by atoms with Crippen LogP contribution in [0.1, 0.15) is 18.4 Å². The lowest BCUT2D eigenvalue weighted by atomic mass is 10.2. The second-order valence-corrected chi connectivity index (χ2v) is 6.44. The Morgan fingerprint density at radius 2 is 2.22 bits per heavy atom. The van der Waals surface area contributed by atoms with Crippen molar-refractivity contribution in [2.24, 2.45) is 0 Å². The maximum atomic E-state index is 12.3. The van der Waals surface area contributed by atoms with Gasteiger partial charge in [0.05, 0.1) is 12.0 Å². The third-order valence-corrected chi connectivity index (χ3v) is 4.52. The van der Waals surface area contributed by atoms with Crippen LogP contribution in [0.2, 0.25) is 0 Å². The molecule has 0 radical (unpaired) electrons. The molecule has 1 aliphatic heterocycles. The van der Waals surface area contributed by atoms with Crippen LogP contribution in [-0.2, 0) is 9.59 Å². The van der Waals surface area contributed by atoms with E-state index in [4.69, 9.17) is 22.1 Å². The van der Waals surface area contributed by atoms with Crippen molar-refractivity contribution < 1.29 is 24.5 Å². The summed E-state index contributed by atoms with van der Waals surface area (Å²) >= 11 is 6.33. The fourth-order valence-electron chi connectivity index (χ4n) is 2.03. The first-order valence-electron chi connectivity index (χ1n) is 6.76. The lowest BCUT2D eigenvalue weighted by Gasteiger charge is -2.13. The number of ether oxygens (including phenoxy) is 1. The molecule has 1 amide bonds. The molecule has 2 N–H and O–H groups in total. The van der Waals surface area contributed by atoms with E-state index in [-0.39, 0.29) is 24.6 Å². The number of methoxy groups -OCH3 is 1. The molecule has 122 valence electrons. The van der Waals surface area contributed by atoms with E-state index in [0.29, 0.717) is 27.0 Å². The number of benzene rings is 1. The molecule has 0 bridgehead atoms. The molecule has 8 heteroatoms. The minimum Gasteiger partial charge on any atom is -0.504 e. The molecule has 0 unspecified atom stereocenters. The van der Waals surface area contributed by atoms with Crippen molar-refractivity contribution in [3.05, 3.63) is 28.7 Å². The standard InChI is InChI=1S/C15H15NO5S2/c1-21-11-5-4-9(7-10(11)17)8-12-14(20)16(15(22)23-12)6-2-3-13(18)19/h4-5,7-8,17H,2-3,6H2,1H3,(H,18,19)/b12-8-. The first-order valence-corrected chi connectivity index (χ1v) is 7.99. The van der Waals surface area contributed by atoms with Gasteiger partial charge in [-0.2, -0.15) is 0 Å². The normalized spacial score (nSPS) is 16.2. The number of amides is 1. The molecule has 0 aliphatic carbocycles. The number of aromatic hydroxyl groups is 1. The van der Waals surface area contributed by atoms with Gasteiger partial charge in [-0.1, -0.05) is 30.0 Å². The SMILES string of the molecule is COc1ccc(/C=C2\SC(=S)N(CCCC(=O)O)C2=O)cc1O.